The van der Waals surface area contributed by atoms with Crippen LogP contribution in [0.3, 0.4) is 0 Å². The van der Waals surface area contributed by atoms with E-state index in [9.17, 15) is 9.59 Å². The van der Waals surface area contributed by atoms with E-state index in [4.69, 9.17) is 28.3 Å². The number of rotatable bonds is 3. The number of hydrogen-bond acceptors (Lipinski definition) is 4. The molecule has 0 spiro atoms. The fraction of sp³-hybridized carbons (Fsp3) is 0.0769. The Balaban J connectivity index is 2.27. The minimum absolute atomic E-state index is 0.0440. The molecule has 0 aliphatic rings. The van der Waals surface area contributed by atoms with Crippen LogP contribution in [0.15, 0.2) is 24.3 Å². The van der Waals surface area contributed by atoms with Crippen LogP contribution in [0.25, 0.3) is 0 Å². The van der Waals surface area contributed by atoms with Crippen LogP contribution >= 0.6 is 23.2 Å². The fourth-order valence-electron chi connectivity index (χ4n) is 1.64. The maximum Gasteiger partial charge on any atom is 0.335 e. The molecule has 1 heterocycles. The Kier molecular flexibility index (Phi) is 4.40. The molecule has 0 saturated carbocycles. The zero-order valence-corrected chi connectivity index (χ0v) is 12.2. The highest BCUT2D eigenvalue weighted by Crippen LogP contribution is 2.20. The first kappa shape index (κ1) is 15.2. The molecule has 0 aliphatic heterocycles. The maximum atomic E-state index is 12.1. The van der Waals surface area contributed by atoms with E-state index in [2.05, 4.69) is 15.5 Å². The summed E-state index contributed by atoms with van der Waals surface area (Å²) in [5, 5.41) is 18.5. The largest absolute Gasteiger partial charge is 0.478 e. The number of hydrogen-bond donors (Lipinski definition) is 2. The van der Waals surface area contributed by atoms with E-state index in [-0.39, 0.29) is 21.4 Å². The van der Waals surface area contributed by atoms with Gasteiger partial charge >= 0.3 is 5.97 Å². The molecule has 2 N–H and O–H groups in total. The summed E-state index contributed by atoms with van der Waals surface area (Å²) in [6.45, 7) is 1.68. The van der Waals surface area contributed by atoms with Crippen molar-refractivity contribution >= 4 is 40.8 Å². The van der Waals surface area contributed by atoms with E-state index < -0.39 is 11.9 Å². The van der Waals surface area contributed by atoms with Gasteiger partial charge in [0.2, 0.25) is 0 Å². The molecule has 0 fully saturated rings. The Bertz CT molecular complexity index is 735. The quantitative estimate of drug-likeness (QED) is 0.904. The predicted molar refractivity (Wildman–Crippen MR) is 78.1 cm³/mol. The summed E-state index contributed by atoms with van der Waals surface area (Å²) < 4.78 is 0. The van der Waals surface area contributed by atoms with Gasteiger partial charge in [0.15, 0.2) is 10.3 Å². The van der Waals surface area contributed by atoms with Gasteiger partial charge in [0.1, 0.15) is 0 Å². The number of aryl methyl sites for hydroxylation is 1. The van der Waals surface area contributed by atoms with Crippen molar-refractivity contribution in [3.63, 3.8) is 0 Å². The molecule has 1 aromatic carbocycles. The first-order chi connectivity index (χ1) is 9.88. The Morgan fingerprint density at radius 3 is 2.52 bits per heavy atom. The number of halogens is 2. The van der Waals surface area contributed by atoms with Gasteiger partial charge in [0.25, 0.3) is 5.91 Å². The molecule has 0 bridgehead atoms. The molecule has 1 aromatic heterocycles. The Morgan fingerprint density at radius 1 is 1.19 bits per heavy atom. The van der Waals surface area contributed by atoms with E-state index in [1.807, 2.05) is 0 Å². The molecule has 0 atom stereocenters. The van der Waals surface area contributed by atoms with E-state index in [1.54, 1.807) is 6.92 Å². The number of amides is 1. The van der Waals surface area contributed by atoms with Crippen molar-refractivity contribution in [2.24, 2.45) is 0 Å². The van der Waals surface area contributed by atoms with E-state index in [1.165, 1.54) is 24.3 Å². The number of aromatic carboxylic acids is 1. The van der Waals surface area contributed by atoms with E-state index >= 15 is 0 Å². The van der Waals surface area contributed by atoms with Crippen LogP contribution in [-0.2, 0) is 0 Å². The van der Waals surface area contributed by atoms with Crippen molar-refractivity contribution in [2.75, 3.05) is 5.32 Å². The number of aromatic nitrogens is 2. The van der Waals surface area contributed by atoms with Gasteiger partial charge in [-0.2, -0.15) is 0 Å². The average molecular weight is 326 g/mol. The van der Waals surface area contributed by atoms with Gasteiger partial charge in [0.05, 0.1) is 11.1 Å². The fourth-order valence-corrected chi connectivity index (χ4v) is 1.96. The van der Waals surface area contributed by atoms with Gasteiger partial charge in [-0.25, -0.2) is 4.79 Å². The van der Waals surface area contributed by atoms with Crippen LogP contribution in [0.1, 0.15) is 26.3 Å². The van der Waals surface area contributed by atoms with Crippen LogP contribution < -0.4 is 5.32 Å². The van der Waals surface area contributed by atoms with Gasteiger partial charge in [-0.15, -0.1) is 10.2 Å². The zero-order chi connectivity index (χ0) is 15.6. The molecule has 8 heteroatoms. The number of carboxylic acids is 1. The maximum absolute atomic E-state index is 12.1. The Morgan fingerprint density at radius 2 is 1.90 bits per heavy atom. The standard InChI is InChI=1S/C13H9Cl2N3O3/c1-6-4-7(13(20)21)2-3-9(6)16-12(19)8-5-10(14)17-18-11(8)15/h2-5H,1H3,(H,16,19)(H,20,21). The van der Waals surface area contributed by atoms with E-state index in [0.717, 1.165) is 0 Å². The van der Waals surface area contributed by atoms with Crippen LogP contribution in [0.5, 0.6) is 0 Å². The lowest BCUT2D eigenvalue weighted by molar-refractivity contribution is 0.0696. The molecule has 2 rings (SSSR count). The number of carbonyl (C=O) groups excluding carboxylic acids is 1. The number of anilines is 1. The van der Waals surface area contributed by atoms with Crippen molar-refractivity contribution in [2.45, 2.75) is 6.92 Å². The lowest BCUT2D eigenvalue weighted by Gasteiger charge is -2.09. The minimum atomic E-state index is -1.04. The summed E-state index contributed by atoms with van der Waals surface area (Å²) in [7, 11) is 0. The number of carbonyl (C=O) groups is 2. The second-order valence-electron chi connectivity index (χ2n) is 4.16. The summed E-state index contributed by atoms with van der Waals surface area (Å²) in [5.74, 6) is -1.55. The Hall–Kier alpha value is -2.18. The lowest BCUT2D eigenvalue weighted by Crippen LogP contribution is -2.14. The van der Waals surface area contributed by atoms with Crippen molar-refractivity contribution < 1.29 is 14.7 Å². The van der Waals surface area contributed by atoms with Crippen molar-refractivity contribution in [3.05, 3.63) is 51.3 Å². The molecule has 2 aromatic rings. The summed E-state index contributed by atoms with van der Waals surface area (Å²) in [6.07, 6.45) is 0. The summed E-state index contributed by atoms with van der Waals surface area (Å²) in [5.41, 5.74) is 1.29. The summed E-state index contributed by atoms with van der Waals surface area (Å²) >= 11 is 11.5. The third kappa shape index (κ3) is 3.48. The molecule has 0 aliphatic carbocycles. The number of nitrogens with one attached hydrogen (secondary N) is 1. The highest BCUT2D eigenvalue weighted by atomic mass is 35.5. The topological polar surface area (TPSA) is 92.2 Å². The molecule has 6 nitrogen and oxygen atoms in total. The first-order valence-electron chi connectivity index (χ1n) is 5.72. The van der Waals surface area contributed by atoms with Gasteiger partial charge < -0.3 is 10.4 Å². The van der Waals surface area contributed by atoms with Gasteiger partial charge in [-0.1, -0.05) is 23.2 Å². The molecular formula is C13H9Cl2N3O3. The average Bonchev–Trinajstić information content (AvgIpc) is 2.43. The minimum Gasteiger partial charge on any atom is -0.478 e. The molecule has 0 saturated heterocycles. The predicted octanol–water partition coefficient (Wildman–Crippen LogP) is 3.04. The van der Waals surface area contributed by atoms with Crippen LogP contribution in [0.4, 0.5) is 5.69 Å². The number of nitrogens with zero attached hydrogens (tertiary/aromatic N) is 2. The van der Waals surface area contributed by atoms with Crippen molar-refractivity contribution in [1.29, 1.82) is 0 Å². The zero-order valence-electron chi connectivity index (χ0n) is 10.7. The lowest BCUT2D eigenvalue weighted by atomic mass is 10.1. The third-order valence-corrected chi connectivity index (χ3v) is 3.15. The second kappa shape index (κ2) is 6.07. The molecule has 1 amide bonds. The number of carboxylic acid groups (broad SMARTS) is 1. The van der Waals surface area contributed by atoms with Crippen LogP contribution in [-0.4, -0.2) is 27.2 Å². The number of benzene rings is 1. The van der Waals surface area contributed by atoms with Crippen LogP contribution in [0, 0.1) is 6.92 Å². The third-order valence-electron chi connectivity index (χ3n) is 2.69. The van der Waals surface area contributed by atoms with Gasteiger partial charge in [-0.3, -0.25) is 4.79 Å². The SMILES string of the molecule is Cc1cc(C(=O)O)ccc1NC(=O)c1cc(Cl)nnc1Cl. The molecule has 21 heavy (non-hydrogen) atoms. The Labute approximate surface area is 129 Å². The smallest absolute Gasteiger partial charge is 0.335 e. The van der Waals surface area contributed by atoms with Gasteiger partial charge in [-0.05, 0) is 36.8 Å². The van der Waals surface area contributed by atoms with Crippen molar-refractivity contribution in [1.82, 2.24) is 10.2 Å². The highest BCUT2D eigenvalue weighted by Gasteiger charge is 2.15. The van der Waals surface area contributed by atoms with Gasteiger partial charge in [0, 0.05) is 5.69 Å². The van der Waals surface area contributed by atoms with E-state index in [0.29, 0.717) is 11.3 Å². The summed E-state index contributed by atoms with van der Waals surface area (Å²) in [6, 6.07) is 5.65. The molecule has 0 unspecified atom stereocenters. The summed E-state index contributed by atoms with van der Waals surface area (Å²) in [4.78, 5) is 23.0. The monoisotopic (exact) mass is 325 g/mol. The molecular weight excluding hydrogens is 317 g/mol. The molecule has 0 radical (unpaired) electrons. The first-order valence-corrected chi connectivity index (χ1v) is 6.48. The molecule has 108 valence electrons. The highest BCUT2D eigenvalue weighted by molar-refractivity contribution is 6.34. The normalized spacial score (nSPS) is 10.2. The van der Waals surface area contributed by atoms with Crippen LogP contribution in [0.2, 0.25) is 10.3 Å². The second-order valence-corrected chi connectivity index (χ2v) is 4.91. The van der Waals surface area contributed by atoms with Crippen molar-refractivity contribution in [3.8, 4) is 0 Å².